The number of carboxylic acids is 1. The van der Waals surface area contributed by atoms with Crippen LogP contribution in [0.15, 0.2) is 0 Å². The van der Waals surface area contributed by atoms with E-state index in [0.29, 0.717) is 0 Å². The van der Waals surface area contributed by atoms with Gasteiger partial charge in [-0.3, -0.25) is 4.79 Å². The molecule has 0 bridgehead atoms. The summed E-state index contributed by atoms with van der Waals surface area (Å²) in [7, 11) is 0. The Morgan fingerprint density at radius 2 is 1.83 bits per heavy atom. The smallest absolute Gasteiger partial charge is 0.303 e. The molecule has 0 amide bonds. The molecule has 18 heavy (non-hydrogen) atoms. The molecule has 1 fully saturated rings. The van der Waals surface area contributed by atoms with Crippen molar-refractivity contribution in [1.29, 1.82) is 0 Å². The van der Waals surface area contributed by atoms with Crippen LogP contribution in [0.1, 0.15) is 12.8 Å². The number of rotatable bonds is 6. The van der Waals surface area contributed by atoms with E-state index in [9.17, 15) is 20.1 Å². The van der Waals surface area contributed by atoms with Crippen LogP contribution in [0.3, 0.4) is 0 Å². The van der Waals surface area contributed by atoms with Crippen LogP contribution in [0.5, 0.6) is 0 Å². The van der Waals surface area contributed by atoms with Crippen LogP contribution < -0.4 is 0 Å². The number of hydrogen-bond acceptors (Lipinski definition) is 7. The number of hydrogen-bond donors (Lipinski definition) is 5. The highest BCUT2D eigenvalue weighted by molar-refractivity contribution is 5.66. The van der Waals surface area contributed by atoms with E-state index in [1.807, 2.05) is 0 Å². The Balaban J connectivity index is 2.41. The van der Waals surface area contributed by atoms with Crippen LogP contribution in [-0.2, 0) is 14.3 Å². The summed E-state index contributed by atoms with van der Waals surface area (Å²) < 4.78 is 10.1. The summed E-state index contributed by atoms with van der Waals surface area (Å²) in [5.74, 6) is -0.965. The van der Waals surface area contributed by atoms with Crippen molar-refractivity contribution in [2.75, 3.05) is 13.2 Å². The van der Waals surface area contributed by atoms with Crippen molar-refractivity contribution in [2.24, 2.45) is 0 Å². The highest BCUT2D eigenvalue weighted by Gasteiger charge is 2.43. The van der Waals surface area contributed by atoms with Gasteiger partial charge in [0.15, 0.2) is 6.29 Å². The molecule has 1 saturated heterocycles. The zero-order valence-electron chi connectivity index (χ0n) is 9.68. The van der Waals surface area contributed by atoms with E-state index in [-0.39, 0.29) is 19.4 Å². The van der Waals surface area contributed by atoms with E-state index in [1.54, 1.807) is 0 Å². The predicted octanol–water partition coefficient (Wildman–Crippen LogP) is -2.33. The third-order valence-electron chi connectivity index (χ3n) is 2.67. The predicted molar refractivity (Wildman–Crippen MR) is 56.6 cm³/mol. The van der Waals surface area contributed by atoms with E-state index in [4.69, 9.17) is 19.7 Å². The van der Waals surface area contributed by atoms with Crippen molar-refractivity contribution in [3.05, 3.63) is 0 Å². The minimum absolute atomic E-state index is 0.0228. The summed E-state index contributed by atoms with van der Waals surface area (Å²) in [6.45, 7) is -0.505. The Bertz CT molecular complexity index is 269. The van der Waals surface area contributed by atoms with Crippen LogP contribution >= 0.6 is 0 Å². The molecule has 8 nitrogen and oxygen atoms in total. The molecule has 1 aliphatic rings. The molecular formula is C10H18O8. The first kappa shape index (κ1) is 15.3. The fraction of sp³-hybridized carbons (Fsp3) is 0.900. The van der Waals surface area contributed by atoms with Crippen LogP contribution in [0, 0.1) is 0 Å². The Kier molecular flexibility index (Phi) is 5.93. The van der Waals surface area contributed by atoms with Gasteiger partial charge < -0.3 is 35.0 Å². The van der Waals surface area contributed by atoms with E-state index in [2.05, 4.69) is 0 Å². The summed E-state index contributed by atoms with van der Waals surface area (Å²) in [6, 6.07) is 0. The summed E-state index contributed by atoms with van der Waals surface area (Å²) in [5.41, 5.74) is 0. The number of aliphatic hydroxyl groups is 4. The molecule has 0 aromatic heterocycles. The fourth-order valence-corrected chi connectivity index (χ4v) is 1.63. The van der Waals surface area contributed by atoms with Crippen molar-refractivity contribution < 1.29 is 39.8 Å². The molecule has 0 aliphatic carbocycles. The lowest BCUT2D eigenvalue weighted by Gasteiger charge is -2.39. The van der Waals surface area contributed by atoms with E-state index >= 15 is 0 Å². The van der Waals surface area contributed by atoms with Gasteiger partial charge >= 0.3 is 5.97 Å². The van der Waals surface area contributed by atoms with Gasteiger partial charge in [0.25, 0.3) is 0 Å². The first-order valence-electron chi connectivity index (χ1n) is 5.61. The quantitative estimate of drug-likeness (QED) is 0.337. The number of aliphatic carboxylic acids is 1. The molecule has 0 spiro atoms. The molecule has 106 valence electrons. The van der Waals surface area contributed by atoms with Gasteiger partial charge in [0.05, 0.1) is 13.2 Å². The van der Waals surface area contributed by atoms with Crippen LogP contribution in [0.25, 0.3) is 0 Å². The molecule has 0 aromatic rings. The van der Waals surface area contributed by atoms with Gasteiger partial charge in [0.1, 0.15) is 24.4 Å². The maximum Gasteiger partial charge on any atom is 0.303 e. The van der Waals surface area contributed by atoms with Crippen LogP contribution in [0.2, 0.25) is 0 Å². The Hall–Kier alpha value is -0.770. The van der Waals surface area contributed by atoms with E-state index in [0.717, 1.165) is 0 Å². The van der Waals surface area contributed by atoms with Gasteiger partial charge in [0, 0.05) is 6.42 Å². The summed E-state index contributed by atoms with van der Waals surface area (Å²) in [5, 5.41) is 45.8. The van der Waals surface area contributed by atoms with Gasteiger partial charge in [-0.1, -0.05) is 0 Å². The number of aliphatic hydroxyl groups excluding tert-OH is 4. The van der Waals surface area contributed by atoms with Crippen molar-refractivity contribution in [3.8, 4) is 0 Å². The van der Waals surface area contributed by atoms with Crippen LogP contribution in [0.4, 0.5) is 0 Å². The monoisotopic (exact) mass is 266 g/mol. The zero-order chi connectivity index (χ0) is 13.7. The topological polar surface area (TPSA) is 137 Å². The van der Waals surface area contributed by atoms with Crippen molar-refractivity contribution in [1.82, 2.24) is 0 Å². The molecule has 1 heterocycles. The number of carbonyl (C=O) groups is 1. The second-order valence-corrected chi connectivity index (χ2v) is 4.07. The molecule has 0 saturated carbocycles. The maximum absolute atomic E-state index is 10.3. The average Bonchev–Trinajstić information content (AvgIpc) is 2.34. The molecule has 0 aromatic carbocycles. The maximum atomic E-state index is 10.3. The van der Waals surface area contributed by atoms with Gasteiger partial charge in [-0.15, -0.1) is 0 Å². The van der Waals surface area contributed by atoms with E-state index in [1.165, 1.54) is 0 Å². The summed E-state index contributed by atoms with van der Waals surface area (Å²) >= 11 is 0. The third-order valence-corrected chi connectivity index (χ3v) is 2.67. The van der Waals surface area contributed by atoms with Crippen molar-refractivity contribution in [2.45, 2.75) is 43.5 Å². The standard InChI is InChI=1S/C10H18O8/c11-4-5-7(14)8(15)9(16)10(18-5)17-3-1-2-6(12)13/h5,7-11,14-16H,1-4H2,(H,12,13)/t5-,7+,8+,9-,10-/m1/s1. The lowest BCUT2D eigenvalue weighted by Crippen LogP contribution is -2.59. The molecule has 5 N–H and O–H groups in total. The Morgan fingerprint density at radius 1 is 1.17 bits per heavy atom. The minimum atomic E-state index is -1.49. The van der Waals surface area contributed by atoms with Gasteiger partial charge in [-0.2, -0.15) is 0 Å². The second kappa shape index (κ2) is 6.98. The van der Waals surface area contributed by atoms with Crippen molar-refractivity contribution in [3.63, 3.8) is 0 Å². The Labute approximate surface area is 103 Å². The SMILES string of the molecule is O=C(O)CCCO[C@@H]1O[C@H](CO)[C@H](O)[C@H](O)[C@H]1O. The first-order chi connectivity index (χ1) is 8.47. The summed E-state index contributed by atoms with van der Waals surface area (Å²) in [4.78, 5) is 10.3. The lowest BCUT2D eigenvalue weighted by atomic mass is 9.99. The minimum Gasteiger partial charge on any atom is -0.481 e. The van der Waals surface area contributed by atoms with E-state index < -0.39 is 43.3 Å². The number of ether oxygens (including phenoxy) is 2. The molecule has 1 rings (SSSR count). The zero-order valence-corrected chi connectivity index (χ0v) is 9.68. The second-order valence-electron chi connectivity index (χ2n) is 4.07. The highest BCUT2D eigenvalue weighted by Crippen LogP contribution is 2.21. The Morgan fingerprint density at radius 3 is 2.39 bits per heavy atom. The van der Waals surface area contributed by atoms with Gasteiger partial charge in [-0.25, -0.2) is 0 Å². The largest absolute Gasteiger partial charge is 0.481 e. The molecule has 0 unspecified atom stereocenters. The lowest BCUT2D eigenvalue weighted by molar-refractivity contribution is -0.301. The van der Waals surface area contributed by atoms with Crippen LogP contribution in [-0.4, -0.2) is 75.4 Å². The van der Waals surface area contributed by atoms with Gasteiger partial charge in [-0.05, 0) is 6.42 Å². The normalized spacial score (nSPS) is 36.6. The molecular weight excluding hydrogens is 248 g/mol. The highest BCUT2D eigenvalue weighted by atomic mass is 16.7. The molecule has 5 atom stereocenters. The third kappa shape index (κ3) is 3.87. The molecule has 8 heteroatoms. The number of carboxylic acid groups (broad SMARTS) is 1. The first-order valence-corrected chi connectivity index (χ1v) is 5.61. The van der Waals surface area contributed by atoms with Gasteiger partial charge in [0.2, 0.25) is 0 Å². The van der Waals surface area contributed by atoms with Crippen molar-refractivity contribution >= 4 is 5.97 Å². The average molecular weight is 266 g/mol. The molecule has 0 radical (unpaired) electrons. The fourth-order valence-electron chi connectivity index (χ4n) is 1.63. The molecule has 1 aliphatic heterocycles. The summed E-state index contributed by atoms with van der Waals surface area (Å²) in [6.07, 6.45) is -6.44.